The fourth-order valence-corrected chi connectivity index (χ4v) is 12.4. The Bertz CT molecular complexity index is 1790. The van der Waals surface area contributed by atoms with Crippen LogP contribution < -0.4 is 10.6 Å². The molecule has 5 heterocycles. The lowest BCUT2D eigenvalue weighted by Gasteiger charge is -2.53. The predicted octanol–water partition coefficient (Wildman–Crippen LogP) is 2.09. The van der Waals surface area contributed by atoms with Crippen molar-refractivity contribution >= 4 is 47.3 Å². The van der Waals surface area contributed by atoms with Crippen LogP contribution in [0.3, 0.4) is 0 Å². The summed E-state index contributed by atoms with van der Waals surface area (Å²) >= 11 is 1.22. The molecule has 4 amide bonds. The molecule has 14 nitrogen and oxygen atoms in total. The molecule has 2 unspecified atom stereocenters. The number of thioether (sulfide) groups is 1. The third-order valence-corrected chi connectivity index (χ3v) is 15.4. The minimum absolute atomic E-state index is 0.0152. The molecule has 54 heavy (non-hydrogen) atoms. The molecule has 2 spiro atoms. The number of fused-ring (bicyclic) bond motifs is 4. The van der Waals surface area contributed by atoms with Crippen LogP contribution in [0.1, 0.15) is 78.6 Å². The molecule has 15 heteroatoms. The number of hydrogen-bond donors (Lipinski definition) is 2. The minimum Gasteiger partial charge on any atom is -0.458 e. The Morgan fingerprint density at radius 3 is 2.57 bits per heavy atom. The van der Waals surface area contributed by atoms with Crippen molar-refractivity contribution in [1.82, 2.24) is 15.5 Å². The van der Waals surface area contributed by atoms with E-state index in [0.717, 1.165) is 43.3 Å². The van der Waals surface area contributed by atoms with Crippen LogP contribution in [0.5, 0.6) is 0 Å². The van der Waals surface area contributed by atoms with Gasteiger partial charge in [0.05, 0.1) is 17.4 Å². The molecule has 292 valence electrons. The van der Waals surface area contributed by atoms with Crippen molar-refractivity contribution < 1.29 is 52.5 Å². The Balaban J connectivity index is 0.769. The smallest absolute Gasteiger partial charge is 0.334 e. The van der Waals surface area contributed by atoms with E-state index in [4.69, 9.17) is 23.7 Å². The van der Waals surface area contributed by atoms with Gasteiger partial charge < -0.3 is 34.3 Å². The van der Waals surface area contributed by atoms with Crippen molar-refractivity contribution in [2.24, 2.45) is 29.1 Å². The van der Waals surface area contributed by atoms with Crippen molar-refractivity contribution in [3.63, 3.8) is 0 Å². The lowest BCUT2D eigenvalue weighted by atomic mass is 9.46. The fraction of sp³-hybridized carbons (Fsp3) is 0.744. The monoisotopic (exact) mass is 767 g/mol. The van der Waals surface area contributed by atoms with Gasteiger partial charge in [-0.2, -0.15) is 0 Å². The second-order valence-electron chi connectivity index (χ2n) is 17.2. The zero-order valence-electron chi connectivity index (χ0n) is 31.2. The standard InChI is InChI=1S/C39H49N3O11S/c1-19(2)37-30(52-37)31-39(53-31)36(3)12-11-22-23(18-49-34(22)48)24(36)15-26-38(39,51-26)35(37)50-29(45)10-9-27(43)41-13-14-54-25-16-28(44)42(33(25)47)17-20-5-7-21(8-6-20)32(46)40-4/h16,19-21,24,26,30-31,35H,5-15,17-18H2,1-4H3,(H,40,46)(H,41,43)/t20?,21?,24?,26-,30?,31-,35+,36-,37-,38+,39+/m1/s1. The number of cyclic esters (lactones) is 1. The number of imide groups is 1. The topological polar surface area (TPSA) is 186 Å². The number of epoxide rings is 3. The summed E-state index contributed by atoms with van der Waals surface area (Å²) in [5.74, 6) is -1.03. The molecule has 9 aliphatic rings. The average molecular weight is 768 g/mol. The van der Waals surface area contributed by atoms with E-state index < -0.39 is 28.9 Å². The van der Waals surface area contributed by atoms with Gasteiger partial charge in [0.15, 0.2) is 11.7 Å². The van der Waals surface area contributed by atoms with Crippen LogP contribution in [0, 0.1) is 29.1 Å². The summed E-state index contributed by atoms with van der Waals surface area (Å²) in [6.45, 7) is 7.26. The summed E-state index contributed by atoms with van der Waals surface area (Å²) in [4.78, 5) is 78.1. The molecule has 0 aromatic rings. The Hall–Kier alpha value is -3.27. The van der Waals surface area contributed by atoms with Crippen molar-refractivity contribution in [3.8, 4) is 0 Å². The van der Waals surface area contributed by atoms with Crippen LogP contribution in [0.15, 0.2) is 22.1 Å². The highest BCUT2D eigenvalue weighted by molar-refractivity contribution is 8.04. The molecule has 6 fully saturated rings. The number of ether oxygens (including phenoxy) is 5. The van der Waals surface area contributed by atoms with Gasteiger partial charge in [-0.05, 0) is 68.3 Å². The fourth-order valence-electron chi connectivity index (χ4n) is 11.5. The zero-order chi connectivity index (χ0) is 37.9. The predicted molar refractivity (Wildman–Crippen MR) is 190 cm³/mol. The normalized spacial score (nSPS) is 42.1. The molecule has 5 aliphatic heterocycles. The van der Waals surface area contributed by atoms with Crippen molar-refractivity contribution in [3.05, 3.63) is 22.1 Å². The number of nitrogens with one attached hydrogen (secondary N) is 2. The van der Waals surface area contributed by atoms with Crippen LogP contribution in [-0.4, -0.2) is 114 Å². The van der Waals surface area contributed by atoms with Crippen LogP contribution >= 0.6 is 11.8 Å². The Kier molecular flexibility index (Phi) is 8.50. The molecule has 3 saturated heterocycles. The maximum absolute atomic E-state index is 13.5. The molecule has 2 N–H and O–H groups in total. The SMILES string of the molecule is CNC(=O)C1CCC(CN2C(=O)C=C(SCCNC(=O)CCC(=O)O[C@H]3[C@]4(C(C)C)OC4[C@H]4O[C@@]45[C@@]34O[C@@H]4CC3C4=C(CC[C@]35C)C(=O)OC4)C2=O)CC1. The number of nitrogens with zero attached hydrogens (tertiary/aromatic N) is 1. The maximum Gasteiger partial charge on any atom is 0.334 e. The highest BCUT2D eigenvalue weighted by atomic mass is 32.2. The van der Waals surface area contributed by atoms with E-state index in [0.29, 0.717) is 36.7 Å². The average Bonchev–Trinajstić information content (AvgIpc) is 4.09. The van der Waals surface area contributed by atoms with Gasteiger partial charge in [-0.1, -0.05) is 20.8 Å². The first kappa shape index (κ1) is 36.4. The van der Waals surface area contributed by atoms with Gasteiger partial charge in [-0.15, -0.1) is 11.8 Å². The van der Waals surface area contributed by atoms with Crippen LogP contribution in [0.2, 0.25) is 0 Å². The minimum atomic E-state index is -0.855. The van der Waals surface area contributed by atoms with Gasteiger partial charge in [0.1, 0.15) is 30.0 Å². The third kappa shape index (κ3) is 5.02. The van der Waals surface area contributed by atoms with Crippen LogP contribution in [0.25, 0.3) is 0 Å². The molecule has 9 rings (SSSR count). The number of esters is 2. The Morgan fingerprint density at radius 2 is 1.83 bits per heavy atom. The van der Waals surface area contributed by atoms with Gasteiger partial charge >= 0.3 is 11.9 Å². The molecule has 0 aromatic carbocycles. The Morgan fingerprint density at radius 1 is 1.06 bits per heavy atom. The molecule has 9 atom stereocenters. The Labute approximate surface area is 318 Å². The van der Waals surface area contributed by atoms with Crippen LogP contribution in [0.4, 0.5) is 0 Å². The molecule has 0 aromatic heterocycles. The second kappa shape index (κ2) is 12.6. The lowest BCUT2D eigenvalue weighted by Crippen LogP contribution is -2.70. The molecule has 3 saturated carbocycles. The molecular formula is C39H49N3O11S. The summed E-state index contributed by atoms with van der Waals surface area (Å²) in [6, 6.07) is 0. The molecule has 0 radical (unpaired) electrons. The first-order chi connectivity index (χ1) is 25.8. The number of carbonyl (C=O) groups is 6. The zero-order valence-corrected chi connectivity index (χ0v) is 32.1. The van der Waals surface area contributed by atoms with Gasteiger partial charge in [0.2, 0.25) is 11.8 Å². The quantitative estimate of drug-likeness (QED) is 0.128. The third-order valence-electron chi connectivity index (χ3n) is 14.4. The number of carbonyl (C=O) groups excluding carboxylic acids is 6. The number of amides is 4. The molecule has 4 aliphatic carbocycles. The number of rotatable bonds is 12. The summed E-state index contributed by atoms with van der Waals surface area (Å²) < 4.78 is 31.7. The van der Waals surface area contributed by atoms with Crippen molar-refractivity contribution in [2.75, 3.05) is 32.5 Å². The van der Waals surface area contributed by atoms with Gasteiger partial charge in [0.25, 0.3) is 11.8 Å². The molecule has 0 bridgehead atoms. The van der Waals surface area contributed by atoms with Gasteiger partial charge in [-0.3, -0.25) is 28.9 Å². The summed E-state index contributed by atoms with van der Waals surface area (Å²) in [6.07, 6.45) is 4.92. The van der Waals surface area contributed by atoms with Crippen molar-refractivity contribution in [2.45, 2.75) is 120 Å². The van der Waals surface area contributed by atoms with Gasteiger partial charge in [0, 0.05) is 55.3 Å². The summed E-state index contributed by atoms with van der Waals surface area (Å²) in [7, 11) is 1.64. The molecular weight excluding hydrogens is 719 g/mol. The van der Waals surface area contributed by atoms with E-state index >= 15 is 0 Å². The first-order valence-corrected chi connectivity index (χ1v) is 20.6. The summed E-state index contributed by atoms with van der Waals surface area (Å²) in [5.41, 5.74) is -0.792. The van der Waals surface area contributed by atoms with E-state index in [-0.39, 0.29) is 96.4 Å². The lowest BCUT2D eigenvalue weighted by molar-refractivity contribution is -0.169. The second-order valence-corrected chi connectivity index (χ2v) is 18.3. The van der Waals surface area contributed by atoms with E-state index in [1.165, 1.54) is 22.7 Å². The van der Waals surface area contributed by atoms with E-state index in [1.807, 2.05) is 0 Å². The van der Waals surface area contributed by atoms with E-state index in [1.54, 1.807) is 7.05 Å². The number of hydrogen-bond acceptors (Lipinski definition) is 12. The van der Waals surface area contributed by atoms with E-state index in [2.05, 4.69) is 31.4 Å². The largest absolute Gasteiger partial charge is 0.458 e. The van der Waals surface area contributed by atoms with Gasteiger partial charge in [-0.25, -0.2) is 4.79 Å². The maximum atomic E-state index is 13.5. The summed E-state index contributed by atoms with van der Waals surface area (Å²) in [5, 5.41) is 5.51. The van der Waals surface area contributed by atoms with Crippen LogP contribution in [-0.2, 0) is 52.5 Å². The first-order valence-electron chi connectivity index (χ1n) is 19.6. The van der Waals surface area contributed by atoms with Crippen molar-refractivity contribution in [1.29, 1.82) is 0 Å². The highest BCUT2D eigenvalue weighted by Crippen LogP contribution is 2.83. The highest BCUT2D eigenvalue weighted by Gasteiger charge is 3.01. The van der Waals surface area contributed by atoms with E-state index in [9.17, 15) is 28.8 Å².